The molecule has 0 saturated heterocycles. The molecule has 0 aliphatic carbocycles. The number of methoxy groups -OCH3 is 1. The lowest BCUT2D eigenvalue weighted by atomic mass is 10.1. The zero-order chi connectivity index (χ0) is 18.9. The predicted octanol–water partition coefficient (Wildman–Crippen LogP) is 4.64. The van der Waals surface area contributed by atoms with Crippen LogP contribution in [0.5, 0.6) is 11.5 Å². The summed E-state index contributed by atoms with van der Waals surface area (Å²) in [6.45, 7) is 5.03. The molecule has 0 bridgehead atoms. The molecular formula is C20H24ClNO4. The molecule has 5 nitrogen and oxygen atoms in total. The molecule has 1 amide bonds. The Kier molecular flexibility index (Phi) is 7.75. The van der Waals surface area contributed by atoms with E-state index in [2.05, 4.69) is 19.3 Å². The Hall–Kier alpha value is -2.24. The fourth-order valence-electron chi connectivity index (χ4n) is 2.21. The van der Waals surface area contributed by atoms with Crippen LogP contribution >= 0.6 is 11.6 Å². The number of hydrogen-bond acceptors (Lipinski definition) is 4. The Balaban J connectivity index is 1.99. The highest BCUT2D eigenvalue weighted by Crippen LogP contribution is 2.36. The lowest BCUT2D eigenvalue weighted by Crippen LogP contribution is -2.23. The largest absolute Gasteiger partial charge is 0.493 e. The van der Waals surface area contributed by atoms with Crippen LogP contribution < -0.4 is 15.0 Å². The second-order valence-electron chi connectivity index (χ2n) is 6.23. The number of benzene rings is 2. The molecule has 0 fully saturated rings. The minimum Gasteiger partial charge on any atom is -0.493 e. The van der Waals surface area contributed by atoms with Gasteiger partial charge in [0.15, 0.2) is 11.5 Å². The van der Waals surface area contributed by atoms with Crippen LogP contribution in [0, 0.1) is 5.92 Å². The smallest absolute Gasteiger partial charge is 0.275 e. The Morgan fingerprint density at radius 1 is 1.19 bits per heavy atom. The third kappa shape index (κ3) is 5.93. The average molecular weight is 378 g/mol. The van der Waals surface area contributed by atoms with Crippen molar-refractivity contribution in [1.82, 2.24) is 5.48 Å². The summed E-state index contributed by atoms with van der Waals surface area (Å²) in [6, 6.07) is 12.7. The Bertz CT molecular complexity index is 719. The molecule has 0 aliphatic rings. The van der Waals surface area contributed by atoms with E-state index in [1.165, 1.54) is 13.2 Å². The zero-order valence-corrected chi connectivity index (χ0v) is 16.0. The fraction of sp³-hybridized carbons (Fsp3) is 0.350. The highest BCUT2D eigenvalue weighted by atomic mass is 35.5. The van der Waals surface area contributed by atoms with Gasteiger partial charge in [-0.15, -0.1) is 0 Å². The molecule has 0 atom stereocenters. The lowest BCUT2D eigenvalue weighted by Gasteiger charge is -2.15. The summed E-state index contributed by atoms with van der Waals surface area (Å²) in [4.78, 5) is 17.5. The first-order valence-electron chi connectivity index (χ1n) is 8.47. The summed E-state index contributed by atoms with van der Waals surface area (Å²) in [5.41, 5.74) is 3.70. The number of ether oxygens (including phenoxy) is 2. The van der Waals surface area contributed by atoms with Gasteiger partial charge in [0.2, 0.25) is 0 Å². The van der Waals surface area contributed by atoms with E-state index in [9.17, 15) is 4.79 Å². The third-order valence-corrected chi connectivity index (χ3v) is 3.96. The van der Waals surface area contributed by atoms with Crippen LogP contribution in [0.2, 0.25) is 5.02 Å². The maximum Gasteiger partial charge on any atom is 0.275 e. The first kappa shape index (κ1) is 20.1. The molecule has 26 heavy (non-hydrogen) atoms. The first-order valence-corrected chi connectivity index (χ1v) is 8.85. The SMILES string of the molecule is COc1cc(C(=O)NOCc2ccccc2)cc(Cl)c1OCCC(C)C. The van der Waals surface area contributed by atoms with Crippen molar-refractivity contribution >= 4 is 17.5 Å². The van der Waals surface area contributed by atoms with Crippen molar-refractivity contribution in [3.05, 3.63) is 58.6 Å². The van der Waals surface area contributed by atoms with Crippen molar-refractivity contribution in [2.24, 2.45) is 5.92 Å². The highest BCUT2D eigenvalue weighted by molar-refractivity contribution is 6.32. The Labute approximate surface area is 159 Å². The number of halogens is 1. The first-order chi connectivity index (χ1) is 12.5. The van der Waals surface area contributed by atoms with Gasteiger partial charge in [-0.05, 0) is 30.0 Å². The normalized spacial score (nSPS) is 10.7. The lowest BCUT2D eigenvalue weighted by molar-refractivity contribution is 0.0233. The molecule has 2 rings (SSSR count). The number of hydrogen-bond donors (Lipinski definition) is 1. The summed E-state index contributed by atoms with van der Waals surface area (Å²) in [5, 5.41) is 0.321. The van der Waals surface area contributed by atoms with E-state index in [-0.39, 0.29) is 6.61 Å². The highest BCUT2D eigenvalue weighted by Gasteiger charge is 2.16. The van der Waals surface area contributed by atoms with Crippen molar-refractivity contribution in [1.29, 1.82) is 0 Å². The Morgan fingerprint density at radius 3 is 2.58 bits per heavy atom. The Morgan fingerprint density at radius 2 is 1.92 bits per heavy atom. The standard InChI is InChI=1S/C20H24ClNO4/c1-14(2)9-10-25-19-17(21)11-16(12-18(19)24-3)20(23)22-26-13-15-7-5-4-6-8-15/h4-8,11-12,14H,9-10,13H2,1-3H3,(H,22,23). The van der Waals surface area contributed by atoms with E-state index in [0.29, 0.717) is 34.6 Å². The summed E-state index contributed by atoms with van der Waals surface area (Å²) in [6.07, 6.45) is 0.898. The van der Waals surface area contributed by atoms with Gasteiger partial charge in [-0.3, -0.25) is 9.63 Å². The zero-order valence-electron chi connectivity index (χ0n) is 15.3. The minimum atomic E-state index is -0.408. The molecule has 2 aromatic rings. The van der Waals surface area contributed by atoms with Crippen LogP contribution in [0.25, 0.3) is 0 Å². The van der Waals surface area contributed by atoms with Gasteiger partial charge in [-0.25, -0.2) is 5.48 Å². The van der Waals surface area contributed by atoms with E-state index in [1.807, 2.05) is 30.3 Å². The van der Waals surface area contributed by atoms with Crippen molar-refractivity contribution in [2.75, 3.05) is 13.7 Å². The topological polar surface area (TPSA) is 56.8 Å². The van der Waals surface area contributed by atoms with Crippen LogP contribution in [0.4, 0.5) is 0 Å². The third-order valence-electron chi connectivity index (χ3n) is 3.68. The van der Waals surface area contributed by atoms with Crippen LogP contribution in [-0.4, -0.2) is 19.6 Å². The van der Waals surface area contributed by atoms with Gasteiger partial charge in [0.05, 0.1) is 25.3 Å². The number of hydroxylamine groups is 1. The number of carbonyl (C=O) groups is 1. The van der Waals surface area contributed by atoms with Crippen molar-refractivity contribution in [2.45, 2.75) is 26.9 Å². The summed E-state index contributed by atoms with van der Waals surface area (Å²) < 4.78 is 11.0. The predicted molar refractivity (Wildman–Crippen MR) is 102 cm³/mol. The van der Waals surface area contributed by atoms with Gasteiger partial charge >= 0.3 is 0 Å². The minimum absolute atomic E-state index is 0.272. The fourth-order valence-corrected chi connectivity index (χ4v) is 2.47. The molecule has 2 aromatic carbocycles. The van der Waals surface area contributed by atoms with Crippen molar-refractivity contribution in [3.63, 3.8) is 0 Å². The van der Waals surface area contributed by atoms with Crippen LogP contribution in [0.15, 0.2) is 42.5 Å². The quantitative estimate of drug-likeness (QED) is 0.647. The van der Waals surface area contributed by atoms with Gasteiger partial charge < -0.3 is 9.47 Å². The van der Waals surface area contributed by atoms with E-state index in [0.717, 1.165) is 12.0 Å². The molecule has 0 saturated carbocycles. The van der Waals surface area contributed by atoms with E-state index < -0.39 is 5.91 Å². The monoisotopic (exact) mass is 377 g/mol. The second-order valence-corrected chi connectivity index (χ2v) is 6.63. The molecule has 0 radical (unpaired) electrons. The summed E-state index contributed by atoms with van der Waals surface area (Å²) >= 11 is 6.28. The van der Waals surface area contributed by atoms with Crippen LogP contribution in [0.3, 0.4) is 0 Å². The molecular weight excluding hydrogens is 354 g/mol. The molecule has 0 unspecified atom stereocenters. The summed E-state index contributed by atoms with van der Waals surface area (Å²) in [7, 11) is 1.51. The van der Waals surface area contributed by atoms with Gasteiger partial charge in [0.25, 0.3) is 5.91 Å². The molecule has 1 N–H and O–H groups in total. The molecule has 140 valence electrons. The molecule has 0 heterocycles. The number of carbonyl (C=O) groups excluding carboxylic acids is 1. The van der Waals surface area contributed by atoms with E-state index in [1.54, 1.807) is 6.07 Å². The molecule has 0 aliphatic heterocycles. The van der Waals surface area contributed by atoms with Gasteiger partial charge in [0, 0.05) is 5.56 Å². The van der Waals surface area contributed by atoms with E-state index >= 15 is 0 Å². The molecule has 0 aromatic heterocycles. The molecule has 0 spiro atoms. The van der Waals surface area contributed by atoms with Crippen molar-refractivity contribution < 1.29 is 19.1 Å². The van der Waals surface area contributed by atoms with Crippen LogP contribution in [0.1, 0.15) is 36.2 Å². The van der Waals surface area contributed by atoms with Gasteiger partial charge in [-0.2, -0.15) is 0 Å². The van der Waals surface area contributed by atoms with Gasteiger partial charge in [0.1, 0.15) is 0 Å². The summed E-state index contributed by atoms with van der Waals surface area (Å²) in [5.74, 6) is 0.965. The average Bonchev–Trinajstić information content (AvgIpc) is 2.63. The van der Waals surface area contributed by atoms with Gasteiger partial charge in [-0.1, -0.05) is 55.8 Å². The molecule has 6 heteroatoms. The van der Waals surface area contributed by atoms with E-state index in [4.69, 9.17) is 25.9 Å². The van der Waals surface area contributed by atoms with Crippen molar-refractivity contribution in [3.8, 4) is 11.5 Å². The number of rotatable bonds is 9. The maximum absolute atomic E-state index is 12.3. The van der Waals surface area contributed by atoms with Crippen LogP contribution in [-0.2, 0) is 11.4 Å². The number of amides is 1. The number of nitrogens with one attached hydrogen (secondary N) is 1. The maximum atomic E-state index is 12.3. The second kappa shape index (κ2) is 10.0.